The Morgan fingerprint density at radius 2 is 0.733 bits per heavy atom. The van der Waals surface area contributed by atoms with E-state index in [1.807, 2.05) is 0 Å². The van der Waals surface area contributed by atoms with Gasteiger partial charge in [-0.15, -0.1) is 38.5 Å². The lowest BCUT2D eigenvalue weighted by atomic mass is 10.0. The van der Waals surface area contributed by atoms with Crippen LogP contribution in [0.3, 0.4) is 0 Å². The first-order chi connectivity index (χ1) is 14.7. The largest absolute Gasteiger partial charge is 0.366 e. The first-order valence-electron chi connectivity index (χ1n) is 8.92. The van der Waals surface area contributed by atoms with Crippen molar-refractivity contribution in [3.05, 3.63) is 0 Å². The number of ether oxygens (including phenoxy) is 6. The van der Waals surface area contributed by atoms with Gasteiger partial charge in [0.25, 0.3) is 0 Å². The maximum absolute atomic E-state index is 5.83. The van der Waals surface area contributed by atoms with Crippen LogP contribution >= 0.6 is 0 Å². The molecule has 0 spiro atoms. The van der Waals surface area contributed by atoms with Crippen LogP contribution in [0.25, 0.3) is 0 Å². The average molecular weight is 410 g/mol. The molecule has 0 aliphatic heterocycles. The molecule has 0 aliphatic carbocycles. The van der Waals surface area contributed by atoms with Crippen molar-refractivity contribution in [2.45, 2.75) is 24.4 Å². The lowest BCUT2D eigenvalue weighted by Crippen LogP contribution is -2.52. The smallest absolute Gasteiger partial charge is 0.116 e. The Hall–Kier alpha value is -2.88. The van der Waals surface area contributed by atoms with Gasteiger partial charge in [0, 0.05) is 0 Å². The van der Waals surface area contributed by atoms with Crippen LogP contribution in [0.1, 0.15) is 0 Å². The van der Waals surface area contributed by atoms with Gasteiger partial charge in [0.05, 0.1) is 13.2 Å². The Balaban J connectivity index is 5.84. The third-order valence-corrected chi connectivity index (χ3v) is 3.47. The second-order valence-corrected chi connectivity index (χ2v) is 5.51. The summed E-state index contributed by atoms with van der Waals surface area (Å²) in [5.74, 6) is 14.3. The van der Waals surface area contributed by atoms with Crippen LogP contribution < -0.4 is 0 Å². The normalized spacial score (nSPS) is 13.8. The highest BCUT2D eigenvalue weighted by molar-refractivity contribution is 4.95. The van der Waals surface area contributed by atoms with Crippen molar-refractivity contribution in [3.8, 4) is 74.1 Å². The second-order valence-electron chi connectivity index (χ2n) is 5.51. The van der Waals surface area contributed by atoms with Crippen molar-refractivity contribution in [1.29, 1.82) is 0 Å². The Kier molecular flexibility index (Phi) is 17.6. The molecule has 6 nitrogen and oxygen atoms in total. The SMILES string of the molecule is C#CCOC[C@@H](OCC#C)[C@@H](OCC#C)[C@H](OCC#C)[C@@H](COCC#C)OCC#C. The zero-order valence-electron chi connectivity index (χ0n) is 16.9. The molecule has 0 saturated heterocycles. The molecule has 0 aromatic carbocycles. The van der Waals surface area contributed by atoms with E-state index in [1.54, 1.807) is 0 Å². The fraction of sp³-hybridized carbons (Fsp3) is 0.500. The molecule has 0 aromatic rings. The number of hydrogen-bond acceptors (Lipinski definition) is 6. The Labute approximate surface area is 180 Å². The third-order valence-electron chi connectivity index (χ3n) is 3.47. The Morgan fingerprint density at radius 1 is 0.433 bits per heavy atom. The van der Waals surface area contributed by atoms with E-state index in [9.17, 15) is 0 Å². The number of terminal acetylenes is 6. The Bertz CT molecular complexity index is 641. The van der Waals surface area contributed by atoms with E-state index in [0.29, 0.717) is 0 Å². The van der Waals surface area contributed by atoms with Gasteiger partial charge in [0.2, 0.25) is 0 Å². The van der Waals surface area contributed by atoms with Gasteiger partial charge < -0.3 is 28.4 Å². The predicted molar refractivity (Wildman–Crippen MR) is 114 cm³/mol. The summed E-state index contributed by atoms with van der Waals surface area (Å²) < 4.78 is 33.9. The van der Waals surface area contributed by atoms with E-state index in [1.165, 1.54) is 0 Å². The number of rotatable bonds is 17. The van der Waals surface area contributed by atoms with Crippen LogP contribution in [0.15, 0.2) is 0 Å². The van der Waals surface area contributed by atoms with Crippen molar-refractivity contribution >= 4 is 0 Å². The van der Waals surface area contributed by atoms with E-state index in [0.717, 1.165) is 0 Å². The minimum atomic E-state index is -0.794. The molecule has 30 heavy (non-hydrogen) atoms. The van der Waals surface area contributed by atoms with E-state index in [-0.39, 0.29) is 52.9 Å². The quantitative estimate of drug-likeness (QED) is 0.255. The van der Waals surface area contributed by atoms with Crippen LogP contribution in [0, 0.1) is 74.1 Å². The molecule has 0 aliphatic rings. The summed E-state index contributed by atoms with van der Waals surface area (Å²) in [6, 6.07) is 0. The second kappa shape index (κ2) is 19.4. The summed E-state index contributed by atoms with van der Waals surface area (Å²) in [5, 5.41) is 0. The predicted octanol–water partition coefficient (Wildman–Crippen LogP) is 0.360. The summed E-state index contributed by atoms with van der Waals surface area (Å²) in [4.78, 5) is 0. The highest BCUT2D eigenvalue weighted by Gasteiger charge is 2.38. The molecule has 0 saturated carbocycles. The molecule has 0 rings (SSSR count). The zero-order chi connectivity index (χ0) is 22.5. The topological polar surface area (TPSA) is 55.4 Å². The molecule has 0 unspecified atom stereocenters. The number of hydrogen-bond donors (Lipinski definition) is 0. The van der Waals surface area contributed by atoms with Gasteiger partial charge in [-0.25, -0.2) is 0 Å². The minimum absolute atomic E-state index is 0.00861. The molecule has 0 amide bonds. The molecule has 0 aromatic heterocycles. The van der Waals surface area contributed by atoms with E-state index in [4.69, 9.17) is 67.0 Å². The molecule has 158 valence electrons. The van der Waals surface area contributed by atoms with Crippen molar-refractivity contribution < 1.29 is 28.4 Å². The summed E-state index contributed by atoms with van der Waals surface area (Å²) in [6.07, 6.45) is 28.9. The molecular formula is C24H26O6. The van der Waals surface area contributed by atoms with E-state index < -0.39 is 24.4 Å². The van der Waals surface area contributed by atoms with Gasteiger partial charge in [-0.2, -0.15) is 0 Å². The van der Waals surface area contributed by atoms with Gasteiger partial charge >= 0.3 is 0 Å². The highest BCUT2D eigenvalue weighted by Crippen LogP contribution is 2.19. The first kappa shape index (κ1) is 27.1. The van der Waals surface area contributed by atoms with Crippen molar-refractivity contribution in [2.75, 3.05) is 52.9 Å². The molecule has 0 bridgehead atoms. The summed E-state index contributed by atoms with van der Waals surface area (Å²) in [6.45, 7) is 0.147. The van der Waals surface area contributed by atoms with Gasteiger partial charge in [0.15, 0.2) is 0 Å². The minimum Gasteiger partial charge on any atom is -0.366 e. The lowest BCUT2D eigenvalue weighted by Gasteiger charge is -2.36. The van der Waals surface area contributed by atoms with Crippen molar-refractivity contribution in [2.24, 2.45) is 0 Å². The zero-order valence-corrected chi connectivity index (χ0v) is 16.9. The molecule has 6 heteroatoms. The summed E-state index contributed by atoms with van der Waals surface area (Å²) >= 11 is 0. The van der Waals surface area contributed by atoms with Crippen LogP contribution in [-0.2, 0) is 28.4 Å². The van der Waals surface area contributed by atoms with Crippen LogP contribution in [0.4, 0.5) is 0 Å². The first-order valence-corrected chi connectivity index (χ1v) is 8.92. The standard InChI is InChI=1S/C24H26O6/c1-7-13-25-19-21(27-15-9-3)23(29-17-11-5)24(30-18-12-6)22(28-16-10-4)20-26-14-8-2/h1-6,21-24H,13-20H2/t21-,22-,23-,24-/m1/s1. The van der Waals surface area contributed by atoms with Gasteiger partial charge in [0.1, 0.15) is 64.1 Å². The van der Waals surface area contributed by atoms with Crippen molar-refractivity contribution in [1.82, 2.24) is 0 Å². The van der Waals surface area contributed by atoms with E-state index in [2.05, 4.69) is 35.5 Å². The average Bonchev–Trinajstić information content (AvgIpc) is 2.76. The van der Waals surface area contributed by atoms with Gasteiger partial charge in [-0.3, -0.25) is 0 Å². The molecule has 4 atom stereocenters. The molecule has 0 N–H and O–H groups in total. The molecule has 0 fully saturated rings. The summed E-state index contributed by atoms with van der Waals surface area (Å²) in [5.41, 5.74) is 0. The Morgan fingerprint density at radius 3 is 1.03 bits per heavy atom. The van der Waals surface area contributed by atoms with E-state index >= 15 is 0 Å². The van der Waals surface area contributed by atoms with Crippen molar-refractivity contribution in [3.63, 3.8) is 0 Å². The fourth-order valence-electron chi connectivity index (χ4n) is 2.37. The monoisotopic (exact) mass is 410 g/mol. The molecular weight excluding hydrogens is 384 g/mol. The van der Waals surface area contributed by atoms with Gasteiger partial charge in [-0.05, 0) is 0 Å². The fourth-order valence-corrected chi connectivity index (χ4v) is 2.37. The van der Waals surface area contributed by atoms with Crippen LogP contribution in [-0.4, -0.2) is 77.3 Å². The lowest BCUT2D eigenvalue weighted by molar-refractivity contribution is -0.183. The van der Waals surface area contributed by atoms with Crippen LogP contribution in [0.5, 0.6) is 0 Å². The maximum atomic E-state index is 5.83. The molecule has 0 radical (unpaired) electrons. The maximum Gasteiger partial charge on any atom is 0.116 e. The van der Waals surface area contributed by atoms with Gasteiger partial charge in [-0.1, -0.05) is 35.5 Å². The highest BCUT2D eigenvalue weighted by atomic mass is 16.6. The third kappa shape index (κ3) is 11.8. The van der Waals surface area contributed by atoms with Crippen LogP contribution in [0.2, 0.25) is 0 Å². The summed E-state index contributed by atoms with van der Waals surface area (Å²) in [7, 11) is 0. The molecule has 0 heterocycles.